The second-order valence-corrected chi connectivity index (χ2v) is 33.5. The van der Waals surface area contributed by atoms with Gasteiger partial charge in [0.1, 0.15) is 0 Å². The Bertz CT molecular complexity index is 4780. The Hall–Kier alpha value is -12.1. The summed E-state index contributed by atoms with van der Waals surface area (Å²) >= 11 is 0. The fourth-order valence-electron chi connectivity index (χ4n) is 16.7. The quantitative estimate of drug-likeness (QED) is 0.0226. The number of imide groups is 8. The molecule has 12 rings (SSSR count). The van der Waals surface area contributed by atoms with Gasteiger partial charge in [-0.2, -0.15) is 0 Å². The number of hydrogen-bond acceptors (Lipinski definition) is 16. The van der Waals surface area contributed by atoms with Gasteiger partial charge in [0.15, 0.2) is 0 Å². The van der Waals surface area contributed by atoms with Crippen LogP contribution in [-0.4, -0.2) is 140 Å². The van der Waals surface area contributed by atoms with Crippen molar-refractivity contribution >= 4 is 117 Å². The van der Waals surface area contributed by atoms with E-state index in [1.165, 1.54) is 202 Å². The van der Waals surface area contributed by atoms with Crippen LogP contribution in [-0.2, 0) is 115 Å². The molecule has 0 aliphatic carbocycles. The van der Waals surface area contributed by atoms with Crippen LogP contribution in [0.5, 0.6) is 0 Å². The molecule has 8 heterocycles. The van der Waals surface area contributed by atoms with Crippen molar-refractivity contribution in [3.63, 3.8) is 0 Å². The first-order valence-corrected chi connectivity index (χ1v) is 45.5. The Morgan fingerprint density at radius 1 is 0.294 bits per heavy atom. The predicted octanol–water partition coefficient (Wildman–Crippen LogP) is 16.1. The summed E-state index contributed by atoms with van der Waals surface area (Å²) in [6.45, 7) is 17.9. The van der Waals surface area contributed by atoms with Crippen LogP contribution in [0.2, 0.25) is 0 Å². The lowest BCUT2D eigenvalue weighted by molar-refractivity contribution is -0.140. The average Bonchev–Trinajstić information content (AvgIpc) is 1.60. The van der Waals surface area contributed by atoms with E-state index in [9.17, 15) is 76.7 Å². The van der Waals surface area contributed by atoms with Crippen molar-refractivity contribution in [1.82, 2.24) is 19.6 Å². The summed E-state index contributed by atoms with van der Waals surface area (Å²) in [7, 11) is 0. The van der Waals surface area contributed by atoms with Crippen molar-refractivity contribution in [2.75, 3.05) is 45.8 Å². The summed E-state index contributed by atoms with van der Waals surface area (Å²) < 4.78 is 0. The number of unbranched alkanes of at least 4 members (excludes halogenated alkanes) is 16. The maximum atomic E-state index is 13.3. The van der Waals surface area contributed by atoms with Gasteiger partial charge in [-0.1, -0.05) is 218 Å². The van der Waals surface area contributed by atoms with Gasteiger partial charge in [0.25, 0.3) is 70.9 Å². The second kappa shape index (κ2) is 49.0. The Morgan fingerprint density at radius 3 is 0.881 bits per heavy atom. The molecule has 668 valence electrons. The molecule has 24 nitrogen and oxygen atoms in total. The molecule has 8 aliphatic rings. The van der Waals surface area contributed by atoms with Gasteiger partial charge in [0.05, 0.1) is 34.6 Å². The van der Waals surface area contributed by atoms with E-state index in [-0.39, 0.29) is 131 Å². The van der Waals surface area contributed by atoms with Gasteiger partial charge in [0.2, 0.25) is 23.6 Å². The third-order valence-electron chi connectivity index (χ3n) is 23.8. The lowest BCUT2D eigenvalue weighted by Crippen LogP contribution is -2.35. The average molecular weight is 1720 g/mol. The fourth-order valence-corrected chi connectivity index (χ4v) is 16.7. The third-order valence-corrected chi connectivity index (χ3v) is 23.8. The molecule has 0 bridgehead atoms. The first-order valence-electron chi connectivity index (χ1n) is 45.5. The molecule has 0 N–H and O–H groups in total. The van der Waals surface area contributed by atoms with Crippen LogP contribution >= 0.6 is 0 Å². The molecule has 8 aliphatic heterocycles. The zero-order valence-corrected chi connectivity index (χ0v) is 74.6. The third kappa shape index (κ3) is 27.0. The highest BCUT2D eigenvalue weighted by Crippen LogP contribution is 2.35. The van der Waals surface area contributed by atoms with E-state index >= 15 is 0 Å². The van der Waals surface area contributed by atoms with Gasteiger partial charge in [-0.05, 0) is 171 Å². The van der Waals surface area contributed by atoms with Crippen LogP contribution in [0.15, 0.2) is 170 Å². The molecule has 4 atom stereocenters. The molecule has 4 aromatic rings. The summed E-state index contributed by atoms with van der Waals surface area (Å²) in [6, 6.07) is 23.3. The highest BCUT2D eigenvalue weighted by atomic mass is 16.2. The van der Waals surface area contributed by atoms with Crippen LogP contribution in [0.4, 0.5) is 22.7 Å². The van der Waals surface area contributed by atoms with Crippen molar-refractivity contribution in [3.05, 3.63) is 215 Å². The predicted molar refractivity (Wildman–Crippen MR) is 486 cm³/mol. The van der Waals surface area contributed by atoms with Gasteiger partial charge in [-0.3, -0.25) is 96.3 Å². The van der Waals surface area contributed by atoms with E-state index in [1.54, 1.807) is 0 Å². The molecular weight excluding hydrogens is 1590 g/mol. The minimum atomic E-state index is -0.388. The number of nitrogens with zero attached hydrogens (tertiary/aromatic N) is 8. The Labute approximate surface area is 741 Å². The molecule has 16 amide bonds. The van der Waals surface area contributed by atoms with Crippen LogP contribution in [0.1, 0.15) is 254 Å². The largest absolute Gasteiger partial charge is 0.282 e. The summed E-state index contributed by atoms with van der Waals surface area (Å²) in [5.74, 6) is -4.51. The molecule has 0 spiro atoms. The van der Waals surface area contributed by atoms with E-state index in [0.717, 1.165) is 83.0 Å². The number of amides is 16. The molecule has 0 radical (unpaired) electrons. The first-order chi connectivity index (χ1) is 60.7. The van der Waals surface area contributed by atoms with Gasteiger partial charge >= 0.3 is 0 Å². The van der Waals surface area contributed by atoms with E-state index < -0.39 is 0 Å². The molecule has 2 saturated heterocycles. The van der Waals surface area contributed by atoms with Crippen LogP contribution in [0.25, 0.3) is 0 Å². The van der Waals surface area contributed by atoms with Gasteiger partial charge in [-0.15, -0.1) is 0 Å². The van der Waals surface area contributed by atoms with Crippen LogP contribution in [0, 0.1) is 23.7 Å². The lowest BCUT2D eigenvalue weighted by atomic mass is 9.97. The Kier molecular flexibility index (Phi) is 38.0. The molecule has 4 unspecified atom stereocenters. The van der Waals surface area contributed by atoms with Crippen LogP contribution < -0.4 is 19.6 Å². The SMILES string of the molecule is CC(CCCN1C(=O)C=CC1=O)CN1C(=O)C=CC1=O.CCCCCCCCCC/C=C/C1CC(=O)N(CC(C)CCCN2C(=O)C=CC2=O)C1=O.CCCCCCCCCC/C=C/C1CC(=O)N(c2ccc(Cc3ccc(N4C(=O)C=CC4=O)c(CC)c3)cc2CC)C1=O.CCc1cc(Cc2ccc(N3C(=O)C=CC3=O)c(CC)c2)ccc1N1C(=O)C=CC1=O. The number of allylic oxidation sites excluding steroid dienone is 2. The molecule has 4 aromatic carbocycles. The zero-order chi connectivity index (χ0) is 90.9. The first kappa shape index (κ1) is 97.7. The molecule has 24 heteroatoms. The number of anilines is 4. The number of rotatable bonds is 44. The lowest BCUT2D eigenvalue weighted by Gasteiger charge is -2.20. The number of benzene rings is 4. The van der Waals surface area contributed by atoms with Crippen molar-refractivity contribution in [2.45, 2.75) is 248 Å². The number of hydrogen-bond donors (Lipinski definition) is 0. The molecule has 0 aromatic heterocycles. The number of carbonyl (C=O) groups is 16. The Morgan fingerprint density at radius 2 is 0.563 bits per heavy atom. The fraction of sp³-hybridized carbons (Fsp3) is 0.451. The highest BCUT2D eigenvalue weighted by molar-refractivity contribution is 6.30. The smallest absolute Gasteiger partial charge is 0.258 e. The second-order valence-electron chi connectivity index (χ2n) is 33.5. The minimum Gasteiger partial charge on any atom is -0.282 e. The van der Waals surface area contributed by atoms with E-state index in [4.69, 9.17) is 0 Å². The molecule has 0 saturated carbocycles. The van der Waals surface area contributed by atoms with Crippen molar-refractivity contribution in [1.29, 1.82) is 0 Å². The number of aryl methyl sites for hydroxylation is 4. The zero-order valence-electron chi connectivity index (χ0n) is 74.6. The number of carbonyl (C=O) groups excluding carboxylic acids is 16. The standard InChI is InChI=1S/C37H46N2O4.C26H40N2O4.C25H22N2O4.C14H16N2O4/c1-4-7-8-9-10-11-12-13-14-15-16-31-26-36(42)39(37(31)43)33-20-18-28(25-30(33)6-3)23-27-17-19-32(29(5-2)24-27)38-34(40)21-22-35(38)41;1-3-4-5-6-7-8-9-10-11-12-15-22-19-25(31)28(26(22)32)20-21(2)14-13-18-27-23(29)16-17-24(27)30;1-3-18-14-16(5-7-20(18)26-22(28)9-10-23(26)29)13-17-6-8-21(19(4-2)15-17)27-24(30)11-12-25(27)31;1-10(9-16-13(19)6-7-14(16)20)3-2-8-15-11(17)4-5-12(15)18/h15-22,24-25,31H,4-14,23,26H2,1-3H3;12,15-17,21-22H,3-11,13-14,18-20H2,1-2H3;5-12,14-15H,3-4,13H2,1-2H3;4-7,10H,2-3,8-9H2,1H3/b16-15+;15-12+;;. The van der Waals surface area contributed by atoms with Crippen molar-refractivity contribution in [2.24, 2.45) is 23.7 Å². The topological polar surface area (TPSA) is 299 Å². The maximum Gasteiger partial charge on any atom is 0.258 e. The molecule has 2 fully saturated rings. The highest BCUT2D eigenvalue weighted by Gasteiger charge is 2.41. The van der Waals surface area contributed by atoms with Crippen LogP contribution in [0.3, 0.4) is 0 Å². The summed E-state index contributed by atoms with van der Waals surface area (Å²) in [6.07, 6.45) is 53.1. The molecular formula is C102H124N8O16. The van der Waals surface area contributed by atoms with Gasteiger partial charge < -0.3 is 0 Å². The monoisotopic (exact) mass is 1720 g/mol. The van der Waals surface area contributed by atoms with E-state index in [1.807, 2.05) is 120 Å². The maximum absolute atomic E-state index is 13.3. The minimum absolute atomic E-state index is 0.0943. The Balaban J connectivity index is 0.000000196. The van der Waals surface area contributed by atoms with E-state index in [0.29, 0.717) is 100 Å². The summed E-state index contributed by atoms with van der Waals surface area (Å²) in [5, 5.41) is 0. The van der Waals surface area contributed by atoms with Gasteiger partial charge in [-0.25, -0.2) is 19.6 Å². The summed E-state index contributed by atoms with van der Waals surface area (Å²) in [5.41, 5.74) is 10.6. The molecule has 126 heavy (non-hydrogen) atoms. The normalized spacial score (nSPS) is 17.8. The summed E-state index contributed by atoms with van der Waals surface area (Å²) in [4.78, 5) is 203. The van der Waals surface area contributed by atoms with Gasteiger partial charge in [0, 0.05) is 112 Å². The number of likely N-dealkylation sites (tertiary alicyclic amines) is 1. The van der Waals surface area contributed by atoms with Crippen molar-refractivity contribution < 1.29 is 76.7 Å². The van der Waals surface area contributed by atoms with E-state index in [2.05, 4.69) is 32.1 Å². The van der Waals surface area contributed by atoms with Crippen molar-refractivity contribution in [3.8, 4) is 0 Å².